The summed E-state index contributed by atoms with van der Waals surface area (Å²) < 4.78 is 0. The van der Waals surface area contributed by atoms with E-state index in [4.69, 9.17) is 0 Å². The van der Waals surface area contributed by atoms with Crippen molar-refractivity contribution >= 4 is 28.9 Å². The first kappa shape index (κ1) is 20.9. The summed E-state index contributed by atoms with van der Waals surface area (Å²) in [4.78, 5) is 29.4. The number of azo groups is 1. The summed E-state index contributed by atoms with van der Waals surface area (Å²) in [5, 5.41) is 8.54. The number of nitrogens with zero attached hydrogens (tertiary/aromatic N) is 3. The summed E-state index contributed by atoms with van der Waals surface area (Å²) >= 11 is 0. The molecule has 5 nitrogen and oxygen atoms in total. The van der Waals surface area contributed by atoms with Crippen LogP contribution in [0.5, 0.6) is 0 Å². The molecule has 0 saturated carbocycles. The Morgan fingerprint density at radius 2 is 1.17 bits per heavy atom. The fraction of sp³-hybridized carbons (Fsp3) is 0.161. The second-order valence-corrected chi connectivity index (χ2v) is 9.92. The van der Waals surface area contributed by atoms with Crippen LogP contribution in [0.25, 0.3) is 0 Å². The lowest BCUT2D eigenvalue weighted by Gasteiger charge is -2.52. The van der Waals surface area contributed by atoms with Crippen LogP contribution in [0.1, 0.15) is 35.1 Å². The molecular weight excluding hydrogens is 446 g/mol. The number of hydrogen-bond donors (Lipinski definition) is 0. The average Bonchev–Trinajstić information content (AvgIpc) is 3.20. The summed E-state index contributed by atoms with van der Waals surface area (Å²) in [5.41, 5.74) is 6.10. The summed E-state index contributed by atoms with van der Waals surface area (Å²) in [7, 11) is 0. The van der Waals surface area contributed by atoms with Crippen molar-refractivity contribution in [2.45, 2.75) is 18.3 Å². The van der Waals surface area contributed by atoms with Crippen LogP contribution in [0, 0.1) is 11.8 Å². The van der Waals surface area contributed by atoms with Crippen LogP contribution < -0.4 is 4.90 Å². The van der Waals surface area contributed by atoms with Crippen molar-refractivity contribution in [2.24, 2.45) is 22.1 Å². The first-order valence-electron chi connectivity index (χ1n) is 12.2. The summed E-state index contributed by atoms with van der Waals surface area (Å²) in [6.07, 6.45) is 0. The van der Waals surface area contributed by atoms with Crippen molar-refractivity contribution in [3.05, 3.63) is 125 Å². The molecule has 4 aromatic carbocycles. The number of rotatable bonds is 3. The second kappa shape index (κ2) is 7.56. The SMILES string of the molecule is CC12c3ccccc3C(c3ccccc31)[C@H]1C(=O)N(c3ccc(N=Nc4ccccc4)cc3)C(=O)[C@H]12. The normalized spacial score (nSPS) is 25.7. The van der Waals surface area contributed by atoms with E-state index in [1.807, 2.05) is 54.6 Å². The van der Waals surface area contributed by atoms with Gasteiger partial charge in [0.1, 0.15) is 0 Å². The molecular formula is C31H23N3O2. The fourth-order valence-electron chi connectivity index (χ4n) is 6.68. The van der Waals surface area contributed by atoms with Gasteiger partial charge in [-0.05, 0) is 58.7 Å². The first-order valence-corrected chi connectivity index (χ1v) is 12.2. The highest BCUT2D eigenvalue weighted by Gasteiger charge is 2.66. The first-order chi connectivity index (χ1) is 17.6. The number of anilines is 1. The van der Waals surface area contributed by atoms with Crippen molar-refractivity contribution in [1.29, 1.82) is 0 Å². The largest absolute Gasteiger partial charge is 0.274 e. The van der Waals surface area contributed by atoms with Crippen LogP contribution in [0.2, 0.25) is 0 Å². The van der Waals surface area contributed by atoms with Gasteiger partial charge in [-0.15, -0.1) is 0 Å². The van der Waals surface area contributed by atoms with Gasteiger partial charge in [-0.2, -0.15) is 10.2 Å². The van der Waals surface area contributed by atoms with E-state index in [1.54, 1.807) is 24.3 Å². The van der Waals surface area contributed by atoms with E-state index in [-0.39, 0.29) is 17.7 Å². The molecule has 0 N–H and O–H groups in total. The Morgan fingerprint density at radius 3 is 1.78 bits per heavy atom. The molecule has 2 bridgehead atoms. The molecule has 0 spiro atoms. The zero-order chi connectivity index (χ0) is 24.4. The van der Waals surface area contributed by atoms with Crippen LogP contribution in [0.15, 0.2) is 113 Å². The Bertz CT molecular complexity index is 1510. The van der Waals surface area contributed by atoms with E-state index in [0.29, 0.717) is 11.4 Å². The molecule has 1 saturated heterocycles. The van der Waals surface area contributed by atoms with Crippen molar-refractivity contribution in [3.8, 4) is 0 Å². The molecule has 36 heavy (non-hydrogen) atoms. The molecule has 0 aromatic heterocycles. The highest BCUT2D eigenvalue weighted by Crippen LogP contribution is 2.64. The molecule has 1 aliphatic heterocycles. The zero-order valence-corrected chi connectivity index (χ0v) is 19.7. The predicted octanol–water partition coefficient (Wildman–Crippen LogP) is 6.67. The molecule has 3 aliphatic carbocycles. The maximum Gasteiger partial charge on any atom is 0.238 e. The van der Waals surface area contributed by atoms with Gasteiger partial charge in [0, 0.05) is 11.3 Å². The topological polar surface area (TPSA) is 62.1 Å². The van der Waals surface area contributed by atoms with Gasteiger partial charge >= 0.3 is 0 Å². The third-order valence-corrected chi connectivity index (χ3v) is 8.19. The van der Waals surface area contributed by atoms with Crippen LogP contribution in [0.4, 0.5) is 17.1 Å². The van der Waals surface area contributed by atoms with Crippen LogP contribution in [-0.2, 0) is 15.0 Å². The lowest BCUT2D eigenvalue weighted by molar-refractivity contribution is -0.123. The Balaban J connectivity index is 1.28. The molecule has 2 atom stereocenters. The van der Waals surface area contributed by atoms with Gasteiger partial charge in [0.15, 0.2) is 0 Å². The number of amides is 2. The molecule has 5 heteroatoms. The van der Waals surface area contributed by atoms with E-state index in [2.05, 4.69) is 41.4 Å². The van der Waals surface area contributed by atoms with Gasteiger partial charge in [0.05, 0.1) is 28.9 Å². The quantitative estimate of drug-likeness (QED) is 0.248. The highest BCUT2D eigenvalue weighted by atomic mass is 16.2. The molecule has 2 amide bonds. The maximum absolute atomic E-state index is 14.0. The van der Waals surface area contributed by atoms with Crippen LogP contribution in [0.3, 0.4) is 0 Å². The molecule has 8 rings (SSSR count). The van der Waals surface area contributed by atoms with Gasteiger partial charge in [0.2, 0.25) is 11.8 Å². The van der Waals surface area contributed by atoms with E-state index < -0.39 is 17.3 Å². The zero-order valence-electron chi connectivity index (χ0n) is 19.7. The third kappa shape index (κ3) is 2.71. The smallest absolute Gasteiger partial charge is 0.238 e. The lowest BCUT2D eigenvalue weighted by atomic mass is 9.48. The van der Waals surface area contributed by atoms with Gasteiger partial charge in [0.25, 0.3) is 0 Å². The van der Waals surface area contributed by atoms with Crippen molar-refractivity contribution in [1.82, 2.24) is 0 Å². The highest BCUT2D eigenvalue weighted by molar-refractivity contribution is 6.23. The minimum Gasteiger partial charge on any atom is -0.274 e. The standard InChI is InChI=1S/C31H23N3O2/c1-31-24-13-7-5-11-22(24)26(23-12-6-8-14-25(23)31)27-28(31)30(36)34(29(27)35)21-17-15-20(16-18-21)33-32-19-9-3-2-4-10-19/h2-18,26-28H,1H3/t26?,27-,28+,31?/m1/s1. The third-order valence-electron chi connectivity index (χ3n) is 8.19. The average molecular weight is 470 g/mol. The number of imide groups is 1. The van der Waals surface area contributed by atoms with Gasteiger partial charge < -0.3 is 0 Å². The van der Waals surface area contributed by atoms with Crippen LogP contribution in [-0.4, -0.2) is 11.8 Å². The Hall–Kier alpha value is -4.38. The molecule has 174 valence electrons. The van der Waals surface area contributed by atoms with Crippen molar-refractivity contribution in [3.63, 3.8) is 0 Å². The molecule has 0 unspecified atom stereocenters. The van der Waals surface area contributed by atoms with E-state index in [9.17, 15) is 9.59 Å². The van der Waals surface area contributed by atoms with Gasteiger partial charge in [-0.3, -0.25) is 9.59 Å². The Labute approximate surface area is 209 Å². The number of carbonyl (C=O) groups excluding carboxylic acids is 2. The number of benzene rings is 4. The van der Waals surface area contributed by atoms with E-state index in [1.165, 1.54) is 16.0 Å². The maximum atomic E-state index is 14.0. The van der Waals surface area contributed by atoms with Gasteiger partial charge in [-0.25, -0.2) is 4.90 Å². The second-order valence-electron chi connectivity index (χ2n) is 9.92. The Morgan fingerprint density at radius 1 is 0.639 bits per heavy atom. The summed E-state index contributed by atoms with van der Waals surface area (Å²) in [5.74, 6) is -1.21. The molecule has 1 fully saturated rings. The summed E-state index contributed by atoms with van der Waals surface area (Å²) in [6.45, 7) is 2.14. The molecule has 4 aliphatic rings. The minimum absolute atomic E-state index is 0.121. The van der Waals surface area contributed by atoms with Crippen LogP contribution >= 0.6 is 0 Å². The molecule has 4 aromatic rings. The summed E-state index contributed by atoms with van der Waals surface area (Å²) in [6, 6.07) is 33.3. The molecule has 0 radical (unpaired) electrons. The van der Waals surface area contributed by atoms with Crippen molar-refractivity contribution in [2.75, 3.05) is 4.90 Å². The minimum atomic E-state index is -0.558. The van der Waals surface area contributed by atoms with Crippen molar-refractivity contribution < 1.29 is 9.59 Å². The molecule has 1 heterocycles. The van der Waals surface area contributed by atoms with E-state index >= 15 is 0 Å². The number of carbonyl (C=O) groups is 2. The number of hydrogen-bond acceptors (Lipinski definition) is 4. The lowest BCUT2D eigenvalue weighted by Crippen LogP contribution is -2.51. The Kier molecular flexibility index (Phi) is 4.40. The van der Waals surface area contributed by atoms with Gasteiger partial charge in [-0.1, -0.05) is 73.7 Å². The van der Waals surface area contributed by atoms with E-state index in [0.717, 1.165) is 16.8 Å². The monoisotopic (exact) mass is 469 g/mol. The predicted molar refractivity (Wildman–Crippen MR) is 138 cm³/mol. The fourth-order valence-corrected chi connectivity index (χ4v) is 6.68.